The Morgan fingerprint density at radius 3 is 2.65 bits per heavy atom. The molecule has 6 heteroatoms. The third-order valence-corrected chi connectivity index (χ3v) is 5.86. The van der Waals surface area contributed by atoms with Gasteiger partial charge in [-0.05, 0) is 63.5 Å². The van der Waals surface area contributed by atoms with E-state index in [0.717, 1.165) is 18.6 Å². The second kappa shape index (κ2) is 13.5. The zero-order valence-electron chi connectivity index (χ0n) is 18.5. The summed E-state index contributed by atoms with van der Waals surface area (Å²) in [5.41, 5.74) is -0.148. The van der Waals surface area contributed by atoms with Gasteiger partial charge in [-0.3, -0.25) is 4.79 Å². The van der Waals surface area contributed by atoms with Crippen LogP contribution in [-0.4, -0.2) is 53.8 Å². The summed E-state index contributed by atoms with van der Waals surface area (Å²) in [4.78, 5) is 13.6. The number of Topliss-reactive ketones (excluding diaryl/α,β-unsaturated/α-hetero) is 1. The first-order chi connectivity index (χ1) is 15.1. The maximum absolute atomic E-state index is 13.0. The fraction of sp³-hybridized carbons (Fsp3) is 0.480. The van der Waals surface area contributed by atoms with E-state index in [1.54, 1.807) is 18.2 Å². The van der Waals surface area contributed by atoms with Crippen LogP contribution in [0.5, 0.6) is 5.75 Å². The van der Waals surface area contributed by atoms with Crippen molar-refractivity contribution >= 4 is 17.5 Å². The molecule has 1 aliphatic rings. The number of hydrogen-bond donors (Lipinski definition) is 2. The molecule has 2 rings (SSSR count). The smallest absolute Gasteiger partial charge is 0.198 e. The molecule has 2 atom stereocenters. The van der Waals surface area contributed by atoms with Gasteiger partial charge in [0.25, 0.3) is 0 Å². The number of carbonyl (C=O) groups is 1. The molecule has 0 radical (unpaired) electrons. The van der Waals surface area contributed by atoms with Gasteiger partial charge in [0.2, 0.25) is 0 Å². The molecule has 170 valence electrons. The lowest BCUT2D eigenvalue weighted by Gasteiger charge is -2.28. The van der Waals surface area contributed by atoms with Gasteiger partial charge in [0.1, 0.15) is 11.4 Å². The fourth-order valence-electron chi connectivity index (χ4n) is 3.58. The SMILES string of the molecule is CCOC1(CCCCOc2ccccc2)C=C(SC)C(=O)/C1=C\C=C\C(O)CCCO. The number of carbonyl (C=O) groups excluding carboxylic acids is 1. The standard InChI is InChI=1S/C25H34O5S/c1-3-30-25(16-7-8-18-29-21-13-5-4-6-14-21)19-23(31-2)24(28)22(25)15-9-11-20(27)12-10-17-26/h4-6,9,11,13-15,19-20,26-27H,3,7-8,10,12,16-18H2,1-2H3/b11-9+,22-15+. The molecular formula is C25H34O5S. The van der Waals surface area contributed by atoms with Gasteiger partial charge in [0, 0.05) is 18.8 Å². The highest BCUT2D eigenvalue weighted by Gasteiger charge is 2.43. The zero-order valence-corrected chi connectivity index (χ0v) is 19.3. The van der Waals surface area contributed by atoms with Crippen molar-refractivity contribution in [3.63, 3.8) is 0 Å². The molecule has 31 heavy (non-hydrogen) atoms. The molecule has 5 nitrogen and oxygen atoms in total. The summed E-state index contributed by atoms with van der Waals surface area (Å²) in [5, 5.41) is 18.9. The van der Waals surface area contributed by atoms with Crippen molar-refractivity contribution in [1.82, 2.24) is 0 Å². The van der Waals surface area contributed by atoms with Crippen molar-refractivity contribution in [1.29, 1.82) is 0 Å². The monoisotopic (exact) mass is 446 g/mol. The number of allylic oxidation sites excluding steroid dienone is 3. The number of aliphatic hydroxyl groups excluding tert-OH is 2. The van der Waals surface area contributed by atoms with Crippen molar-refractivity contribution in [2.75, 3.05) is 26.1 Å². The number of aliphatic hydroxyl groups is 2. The van der Waals surface area contributed by atoms with E-state index in [1.807, 2.05) is 49.6 Å². The van der Waals surface area contributed by atoms with Gasteiger partial charge in [0.15, 0.2) is 5.78 Å². The number of ether oxygens (including phenoxy) is 2. The van der Waals surface area contributed by atoms with Crippen LogP contribution in [0, 0.1) is 0 Å². The van der Waals surface area contributed by atoms with Crippen LogP contribution in [0.4, 0.5) is 0 Å². The molecule has 0 bridgehead atoms. The highest BCUT2D eigenvalue weighted by atomic mass is 32.2. The van der Waals surface area contributed by atoms with Crippen LogP contribution >= 0.6 is 11.8 Å². The summed E-state index contributed by atoms with van der Waals surface area (Å²) in [6.45, 7) is 3.08. The van der Waals surface area contributed by atoms with E-state index < -0.39 is 11.7 Å². The average molecular weight is 447 g/mol. The first-order valence-corrected chi connectivity index (χ1v) is 12.1. The Morgan fingerprint density at radius 2 is 1.97 bits per heavy atom. The van der Waals surface area contributed by atoms with Gasteiger partial charge in [-0.15, -0.1) is 11.8 Å². The van der Waals surface area contributed by atoms with Crippen molar-refractivity contribution in [3.8, 4) is 5.75 Å². The lowest BCUT2D eigenvalue weighted by molar-refractivity contribution is -0.112. The Balaban J connectivity index is 2.06. The first-order valence-electron chi connectivity index (χ1n) is 10.9. The molecule has 1 aromatic rings. The number of rotatable bonds is 14. The summed E-state index contributed by atoms with van der Waals surface area (Å²) in [7, 11) is 0. The molecule has 1 aliphatic carbocycles. The molecular weight excluding hydrogens is 412 g/mol. The topological polar surface area (TPSA) is 76.0 Å². The van der Waals surface area contributed by atoms with Crippen LogP contribution in [0.25, 0.3) is 0 Å². The summed E-state index contributed by atoms with van der Waals surface area (Å²) in [6.07, 6.45) is 11.7. The molecule has 2 N–H and O–H groups in total. The van der Waals surface area contributed by atoms with E-state index in [0.29, 0.717) is 43.0 Å². The second-order valence-electron chi connectivity index (χ2n) is 7.38. The normalized spacial score (nSPS) is 21.1. The molecule has 2 unspecified atom stereocenters. The fourth-order valence-corrected chi connectivity index (χ4v) is 4.18. The molecule has 0 saturated heterocycles. The number of hydrogen-bond acceptors (Lipinski definition) is 6. The molecule has 0 amide bonds. The van der Waals surface area contributed by atoms with Crippen LogP contribution < -0.4 is 4.74 Å². The van der Waals surface area contributed by atoms with E-state index in [2.05, 4.69) is 0 Å². The lowest BCUT2D eigenvalue weighted by atomic mass is 9.90. The molecule has 0 spiro atoms. The number of unbranched alkanes of at least 4 members (excludes halogenated alkanes) is 1. The van der Waals surface area contributed by atoms with Crippen molar-refractivity contribution in [3.05, 3.63) is 65.1 Å². The minimum atomic E-state index is -0.753. The third-order valence-electron chi connectivity index (χ3n) is 5.12. The van der Waals surface area contributed by atoms with Crippen LogP contribution in [0.2, 0.25) is 0 Å². The van der Waals surface area contributed by atoms with Crippen LogP contribution in [0.1, 0.15) is 39.0 Å². The molecule has 0 aromatic heterocycles. The summed E-state index contributed by atoms with van der Waals surface area (Å²) in [6, 6.07) is 9.73. The maximum Gasteiger partial charge on any atom is 0.198 e. The Kier molecular flexibility index (Phi) is 11.1. The van der Waals surface area contributed by atoms with E-state index in [4.69, 9.17) is 14.6 Å². The second-order valence-corrected chi connectivity index (χ2v) is 8.23. The van der Waals surface area contributed by atoms with Crippen LogP contribution in [0.3, 0.4) is 0 Å². The Bertz CT molecular complexity index is 771. The molecule has 0 heterocycles. The maximum atomic E-state index is 13.0. The molecule has 0 aliphatic heterocycles. The van der Waals surface area contributed by atoms with Crippen LogP contribution in [-0.2, 0) is 9.53 Å². The van der Waals surface area contributed by atoms with Gasteiger partial charge >= 0.3 is 0 Å². The van der Waals surface area contributed by atoms with E-state index >= 15 is 0 Å². The minimum absolute atomic E-state index is 0.0176. The van der Waals surface area contributed by atoms with E-state index in [9.17, 15) is 9.90 Å². The van der Waals surface area contributed by atoms with Gasteiger partial charge in [0.05, 0.1) is 17.6 Å². The Hall–Kier alpha value is -1.86. The van der Waals surface area contributed by atoms with Gasteiger partial charge in [-0.2, -0.15) is 0 Å². The number of ketones is 1. The summed E-state index contributed by atoms with van der Waals surface area (Å²) < 4.78 is 11.9. The molecule has 0 saturated carbocycles. The van der Waals surface area contributed by atoms with Gasteiger partial charge < -0.3 is 19.7 Å². The van der Waals surface area contributed by atoms with E-state index in [1.165, 1.54) is 11.8 Å². The molecule has 0 fully saturated rings. The van der Waals surface area contributed by atoms with Gasteiger partial charge in [-0.1, -0.05) is 36.4 Å². The summed E-state index contributed by atoms with van der Waals surface area (Å²) >= 11 is 1.43. The zero-order chi connectivity index (χ0) is 22.5. The van der Waals surface area contributed by atoms with Crippen molar-refractivity contribution in [2.45, 2.75) is 50.7 Å². The average Bonchev–Trinajstić information content (AvgIpc) is 3.04. The largest absolute Gasteiger partial charge is 0.494 e. The number of para-hydroxylation sites is 1. The minimum Gasteiger partial charge on any atom is -0.494 e. The number of benzene rings is 1. The Morgan fingerprint density at radius 1 is 1.19 bits per heavy atom. The van der Waals surface area contributed by atoms with Crippen LogP contribution in [0.15, 0.2) is 65.1 Å². The lowest BCUT2D eigenvalue weighted by Crippen LogP contribution is -2.32. The van der Waals surface area contributed by atoms with Crippen molar-refractivity contribution in [2.24, 2.45) is 0 Å². The van der Waals surface area contributed by atoms with Crippen molar-refractivity contribution < 1.29 is 24.5 Å². The Labute approximate surface area is 189 Å². The summed E-state index contributed by atoms with van der Waals surface area (Å²) in [5.74, 6) is 0.837. The number of thioether (sulfide) groups is 1. The van der Waals surface area contributed by atoms with Gasteiger partial charge in [-0.25, -0.2) is 0 Å². The predicted molar refractivity (Wildman–Crippen MR) is 126 cm³/mol. The quantitative estimate of drug-likeness (QED) is 0.325. The van der Waals surface area contributed by atoms with E-state index in [-0.39, 0.29) is 12.4 Å². The predicted octanol–water partition coefficient (Wildman–Crippen LogP) is 4.46. The molecule has 1 aromatic carbocycles. The highest BCUT2D eigenvalue weighted by molar-refractivity contribution is 8.03. The first kappa shape index (κ1) is 25.4. The third kappa shape index (κ3) is 7.65. The highest BCUT2D eigenvalue weighted by Crippen LogP contribution is 2.41.